The summed E-state index contributed by atoms with van der Waals surface area (Å²) in [7, 11) is 0. The molecule has 23 heavy (non-hydrogen) atoms. The van der Waals surface area contributed by atoms with Crippen LogP contribution < -0.4 is 0 Å². The Morgan fingerprint density at radius 1 is 1.43 bits per heavy atom. The van der Waals surface area contributed by atoms with Gasteiger partial charge in [0.2, 0.25) is 5.91 Å². The van der Waals surface area contributed by atoms with Crippen molar-refractivity contribution in [2.75, 3.05) is 32.8 Å². The molecule has 2 heterocycles. The van der Waals surface area contributed by atoms with Crippen molar-refractivity contribution in [2.24, 2.45) is 0 Å². The van der Waals surface area contributed by atoms with Gasteiger partial charge in [0.15, 0.2) is 0 Å². The number of ether oxygens (including phenoxy) is 1. The first-order valence-electron chi connectivity index (χ1n) is 7.30. The van der Waals surface area contributed by atoms with Crippen LogP contribution in [0.15, 0.2) is 16.7 Å². The second-order valence-electron chi connectivity index (χ2n) is 5.43. The summed E-state index contributed by atoms with van der Waals surface area (Å²) >= 11 is 0. The Morgan fingerprint density at radius 2 is 2.17 bits per heavy atom. The highest BCUT2D eigenvalue weighted by Gasteiger charge is 2.29. The number of hydrogen-bond acceptors (Lipinski definition) is 5. The highest BCUT2D eigenvalue weighted by molar-refractivity contribution is 5.95. The van der Waals surface area contributed by atoms with E-state index in [4.69, 9.17) is 14.3 Å². The number of carboxylic acid groups (broad SMARTS) is 1. The van der Waals surface area contributed by atoms with Gasteiger partial charge in [0, 0.05) is 26.6 Å². The molecule has 8 nitrogen and oxygen atoms in total. The minimum atomic E-state index is -1.09. The molecule has 1 fully saturated rings. The molecule has 0 aromatic carbocycles. The summed E-state index contributed by atoms with van der Waals surface area (Å²) in [4.78, 5) is 37.6. The number of morpholine rings is 1. The number of aliphatic carboxylic acids is 1. The fourth-order valence-electron chi connectivity index (χ4n) is 2.50. The van der Waals surface area contributed by atoms with Crippen molar-refractivity contribution < 1.29 is 28.6 Å². The number of carbonyl (C=O) groups excluding carboxylic acids is 2. The van der Waals surface area contributed by atoms with Crippen LogP contribution in [-0.2, 0) is 14.3 Å². The molecule has 0 aliphatic carbocycles. The first-order chi connectivity index (χ1) is 10.9. The molecule has 0 radical (unpaired) electrons. The lowest BCUT2D eigenvalue weighted by Gasteiger charge is -2.35. The van der Waals surface area contributed by atoms with E-state index in [2.05, 4.69) is 0 Å². The van der Waals surface area contributed by atoms with Crippen LogP contribution in [0, 0.1) is 6.92 Å². The van der Waals surface area contributed by atoms with Gasteiger partial charge in [0.05, 0.1) is 24.5 Å². The van der Waals surface area contributed by atoms with Crippen LogP contribution in [0.25, 0.3) is 0 Å². The molecule has 1 N–H and O–H groups in total. The lowest BCUT2D eigenvalue weighted by Crippen LogP contribution is -2.51. The van der Waals surface area contributed by atoms with Crippen LogP contribution in [0.3, 0.4) is 0 Å². The maximum Gasteiger partial charge on any atom is 0.323 e. The van der Waals surface area contributed by atoms with E-state index in [9.17, 15) is 14.4 Å². The van der Waals surface area contributed by atoms with Gasteiger partial charge in [-0.2, -0.15) is 0 Å². The maximum absolute atomic E-state index is 12.5. The number of aryl methyl sites for hydroxylation is 1. The second-order valence-corrected chi connectivity index (χ2v) is 5.43. The van der Waals surface area contributed by atoms with Gasteiger partial charge in [0.1, 0.15) is 12.3 Å². The Bertz CT molecular complexity index is 597. The van der Waals surface area contributed by atoms with Crippen molar-refractivity contribution in [3.63, 3.8) is 0 Å². The average molecular weight is 324 g/mol. The smallest absolute Gasteiger partial charge is 0.323 e. The largest absolute Gasteiger partial charge is 0.480 e. The van der Waals surface area contributed by atoms with E-state index < -0.39 is 12.1 Å². The molecule has 1 aromatic heterocycles. The molecule has 1 aliphatic heterocycles. The first-order valence-corrected chi connectivity index (χ1v) is 7.30. The number of rotatable bonds is 5. The third-order valence-electron chi connectivity index (χ3n) is 3.71. The van der Waals surface area contributed by atoms with Crippen LogP contribution in [-0.4, -0.2) is 71.6 Å². The lowest BCUT2D eigenvalue weighted by atomic mass is 10.2. The van der Waals surface area contributed by atoms with Crippen LogP contribution in [0.5, 0.6) is 0 Å². The molecule has 1 aliphatic rings. The zero-order chi connectivity index (χ0) is 17.0. The zero-order valence-electron chi connectivity index (χ0n) is 13.2. The number of hydrogen-bond donors (Lipinski definition) is 1. The van der Waals surface area contributed by atoms with Crippen molar-refractivity contribution in [2.45, 2.75) is 20.0 Å². The Balaban J connectivity index is 2.00. The molecule has 2 amide bonds. The number of carbonyl (C=O) groups is 3. The number of amides is 2. The molecule has 126 valence electrons. The van der Waals surface area contributed by atoms with Crippen LogP contribution >= 0.6 is 0 Å². The summed E-state index contributed by atoms with van der Waals surface area (Å²) in [5.74, 6) is -1.03. The van der Waals surface area contributed by atoms with E-state index >= 15 is 0 Å². The van der Waals surface area contributed by atoms with E-state index in [1.807, 2.05) is 0 Å². The molecular weight excluding hydrogens is 304 g/mol. The molecule has 0 bridgehead atoms. The van der Waals surface area contributed by atoms with Gasteiger partial charge >= 0.3 is 5.97 Å². The van der Waals surface area contributed by atoms with Crippen LogP contribution in [0.4, 0.5) is 0 Å². The van der Waals surface area contributed by atoms with Gasteiger partial charge in [-0.15, -0.1) is 0 Å². The second kappa shape index (κ2) is 7.28. The normalized spacial score (nSPS) is 17.8. The number of carboxylic acids is 1. The van der Waals surface area contributed by atoms with E-state index in [1.165, 1.54) is 18.1 Å². The van der Waals surface area contributed by atoms with Gasteiger partial charge in [-0.05, 0) is 13.0 Å². The van der Waals surface area contributed by atoms with Gasteiger partial charge in [-0.3, -0.25) is 14.4 Å². The fraction of sp³-hybridized carbons (Fsp3) is 0.533. The van der Waals surface area contributed by atoms with Gasteiger partial charge in [-0.25, -0.2) is 0 Å². The quantitative estimate of drug-likeness (QED) is 0.839. The van der Waals surface area contributed by atoms with Crippen molar-refractivity contribution in [3.05, 3.63) is 23.7 Å². The van der Waals surface area contributed by atoms with Crippen LogP contribution in [0.2, 0.25) is 0 Å². The van der Waals surface area contributed by atoms with Gasteiger partial charge in [0.25, 0.3) is 5.91 Å². The van der Waals surface area contributed by atoms with E-state index in [0.29, 0.717) is 31.0 Å². The SMILES string of the molecule is CC(=O)N(CC(=O)O)CC1CN(C(=O)c2ccoc2C)CCO1. The highest BCUT2D eigenvalue weighted by atomic mass is 16.5. The third-order valence-corrected chi connectivity index (χ3v) is 3.71. The van der Waals surface area contributed by atoms with Gasteiger partial charge < -0.3 is 24.1 Å². The summed E-state index contributed by atoms with van der Waals surface area (Å²) in [5, 5.41) is 8.85. The molecule has 2 rings (SSSR count). The Kier molecular flexibility index (Phi) is 5.38. The number of nitrogens with zero attached hydrogens (tertiary/aromatic N) is 2. The van der Waals surface area contributed by atoms with Crippen molar-refractivity contribution in [1.29, 1.82) is 0 Å². The first kappa shape index (κ1) is 17.0. The Morgan fingerprint density at radius 3 is 2.74 bits per heavy atom. The zero-order valence-corrected chi connectivity index (χ0v) is 13.2. The summed E-state index contributed by atoms with van der Waals surface area (Å²) in [6.07, 6.45) is 1.05. The van der Waals surface area contributed by atoms with Gasteiger partial charge in [-0.1, -0.05) is 0 Å². The summed E-state index contributed by atoms with van der Waals surface area (Å²) in [5.41, 5.74) is 0.500. The fourth-order valence-corrected chi connectivity index (χ4v) is 2.50. The van der Waals surface area contributed by atoms with Crippen molar-refractivity contribution in [3.8, 4) is 0 Å². The van der Waals surface area contributed by atoms with E-state index in [1.54, 1.807) is 17.9 Å². The summed E-state index contributed by atoms with van der Waals surface area (Å²) < 4.78 is 10.7. The monoisotopic (exact) mass is 324 g/mol. The molecular formula is C15H20N2O6. The predicted octanol–water partition coefficient (Wildman–Crippen LogP) is 0.362. The molecule has 8 heteroatoms. The number of furan rings is 1. The minimum Gasteiger partial charge on any atom is -0.480 e. The van der Waals surface area contributed by atoms with Crippen molar-refractivity contribution >= 4 is 17.8 Å². The molecule has 1 saturated heterocycles. The molecule has 0 spiro atoms. The van der Waals surface area contributed by atoms with Crippen LogP contribution in [0.1, 0.15) is 23.0 Å². The summed E-state index contributed by atoms with van der Waals surface area (Å²) in [6, 6.07) is 1.62. The standard InChI is InChI=1S/C15H20N2O6/c1-10-13(3-5-22-10)15(21)16-4-6-23-12(7-16)8-17(11(2)18)9-14(19)20/h3,5,12H,4,6-9H2,1-2H3,(H,19,20). The maximum atomic E-state index is 12.5. The Hall–Kier alpha value is -2.35. The average Bonchev–Trinajstić information content (AvgIpc) is 2.91. The lowest BCUT2D eigenvalue weighted by molar-refractivity contribution is -0.145. The molecule has 0 saturated carbocycles. The Labute approximate surface area is 133 Å². The van der Waals surface area contributed by atoms with Crippen molar-refractivity contribution in [1.82, 2.24) is 9.80 Å². The molecule has 1 atom stereocenters. The molecule has 1 aromatic rings. The van der Waals surface area contributed by atoms with E-state index in [0.717, 1.165) is 0 Å². The third kappa shape index (κ3) is 4.32. The minimum absolute atomic E-state index is 0.135. The predicted molar refractivity (Wildman–Crippen MR) is 79.0 cm³/mol. The highest BCUT2D eigenvalue weighted by Crippen LogP contribution is 2.15. The van der Waals surface area contributed by atoms with E-state index in [-0.39, 0.29) is 24.9 Å². The molecule has 1 unspecified atom stereocenters. The topological polar surface area (TPSA) is 100 Å². The summed E-state index contributed by atoms with van der Waals surface area (Å²) in [6.45, 7) is 3.86.